The van der Waals surface area contributed by atoms with Crippen molar-refractivity contribution in [1.82, 2.24) is 24.9 Å². The quantitative estimate of drug-likeness (QED) is 0.625. The number of carbonyl (C=O) groups excluding carboxylic acids is 1. The molecule has 0 aliphatic rings. The van der Waals surface area contributed by atoms with Gasteiger partial charge in [-0.15, -0.1) is 0 Å². The first-order valence-electron chi connectivity index (χ1n) is 9.37. The standard InChI is InChI=1S/C21H26BrN5O/c1-13(12-26-17(5)20(22)15(3)24-26)21(28)23-11-19-14(2)25-27(16(19)4)18-9-7-6-8-10-18/h6-10,13H,11-12H2,1-5H3,(H,23,28). The van der Waals surface area contributed by atoms with Crippen molar-refractivity contribution in [3.8, 4) is 5.69 Å². The molecular weight excluding hydrogens is 418 g/mol. The number of nitrogens with one attached hydrogen (secondary N) is 1. The fourth-order valence-electron chi connectivity index (χ4n) is 3.30. The molecule has 6 nitrogen and oxygen atoms in total. The van der Waals surface area contributed by atoms with E-state index in [1.54, 1.807) is 0 Å². The van der Waals surface area contributed by atoms with Gasteiger partial charge in [-0.1, -0.05) is 25.1 Å². The number of nitrogens with zero attached hydrogens (tertiary/aromatic N) is 4. The number of para-hydroxylation sites is 1. The SMILES string of the molecule is Cc1nn(CC(C)C(=O)NCc2c(C)nn(-c3ccccc3)c2C)c(C)c1Br. The van der Waals surface area contributed by atoms with Crippen LogP contribution >= 0.6 is 15.9 Å². The van der Waals surface area contributed by atoms with E-state index in [2.05, 4.69) is 31.4 Å². The van der Waals surface area contributed by atoms with Gasteiger partial charge in [0.05, 0.1) is 34.0 Å². The molecule has 3 rings (SSSR count). The summed E-state index contributed by atoms with van der Waals surface area (Å²) >= 11 is 3.53. The highest BCUT2D eigenvalue weighted by Gasteiger charge is 2.19. The second kappa shape index (κ2) is 8.31. The Morgan fingerprint density at radius 2 is 1.75 bits per heavy atom. The summed E-state index contributed by atoms with van der Waals surface area (Å²) in [5.41, 5.74) is 6.01. The third-order valence-electron chi connectivity index (χ3n) is 5.07. The number of aryl methyl sites for hydroxylation is 2. The number of hydrogen-bond donors (Lipinski definition) is 1. The normalized spacial score (nSPS) is 12.2. The third kappa shape index (κ3) is 4.04. The van der Waals surface area contributed by atoms with Gasteiger partial charge in [0, 0.05) is 23.5 Å². The monoisotopic (exact) mass is 443 g/mol. The van der Waals surface area contributed by atoms with Crippen LogP contribution < -0.4 is 5.32 Å². The van der Waals surface area contributed by atoms with E-state index in [1.807, 2.05) is 74.3 Å². The van der Waals surface area contributed by atoms with Crippen molar-refractivity contribution in [1.29, 1.82) is 0 Å². The maximum atomic E-state index is 12.6. The highest BCUT2D eigenvalue weighted by molar-refractivity contribution is 9.10. The van der Waals surface area contributed by atoms with E-state index in [-0.39, 0.29) is 11.8 Å². The van der Waals surface area contributed by atoms with Crippen LogP contribution in [0.15, 0.2) is 34.8 Å². The smallest absolute Gasteiger partial charge is 0.224 e. The summed E-state index contributed by atoms with van der Waals surface area (Å²) in [6, 6.07) is 10.0. The molecule has 148 valence electrons. The van der Waals surface area contributed by atoms with E-state index in [0.717, 1.165) is 38.5 Å². The Hall–Kier alpha value is -2.41. The van der Waals surface area contributed by atoms with E-state index in [1.165, 1.54) is 0 Å². The molecule has 2 heterocycles. The van der Waals surface area contributed by atoms with Crippen LogP contribution in [0.2, 0.25) is 0 Å². The average molecular weight is 444 g/mol. The molecule has 1 aromatic carbocycles. The minimum Gasteiger partial charge on any atom is -0.352 e. The summed E-state index contributed by atoms with van der Waals surface area (Å²) in [5, 5.41) is 12.2. The lowest BCUT2D eigenvalue weighted by atomic mass is 10.1. The molecular formula is C21H26BrN5O. The topological polar surface area (TPSA) is 64.7 Å². The summed E-state index contributed by atoms with van der Waals surface area (Å²) in [6.07, 6.45) is 0. The Balaban J connectivity index is 1.67. The lowest BCUT2D eigenvalue weighted by Gasteiger charge is -2.14. The molecule has 1 N–H and O–H groups in total. The van der Waals surface area contributed by atoms with Crippen molar-refractivity contribution in [2.45, 2.75) is 47.7 Å². The highest BCUT2D eigenvalue weighted by atomic mass is 79.9. The molecule has 0 bridgehead atoms. The summed E-state index contributed by atoms with van der Waals surface area (Å²) < 4.78 is 4.81. The van der Waals surface area contributed by atoms with Gasteiger partial charge in [-0.25, -0.2) is 4.68 Å². The highest BCUT2D eigenvalue weighted by Crippen LogP contribution is 2.21. The van der Waals surface area contributed by atoms with E-state index >= 15 is 0 Å². The molecule has 1 unspecified atom stereocenters. The van der Waals surface area contributed by atoms with Crippen LogP contribution in [0.1, 0.15) is 35.3 Å². The molecule has 2 aromatic heterocycles. The molecule has 0 spiro atoms. The van der Waals surface area contributed by atoms with Crippen LogP contribution in [0.5, 0.6) is 0 Å². The first-order chi connectivity index (χ1) is 13.3. The molecule has 0 aliphatic heterocycles. The molecule has 3 aromatic rings. The molecule has 28 heavy (non-hydrogen) atoms. The maximum Gasteiger partial charge on any atom is 0.224 e. The molecule has 1 amide bonds. The number of rotatable bonds is 6. The van der Waals surface area contributed by atoms with Gasteiger partial charge in [0.15, 0.2) is 0 Å². The van der Waals surface area contributed by atoms with Crippen LogP contribution in [0, 0.1) is 33.6 Å². The molecule has 0 fully saturated rings. The van der Waals surface area contributed by atoms with Crippen molar-refractivity contribution in [2.75, 3.05) is 0 Å². The van der Waals surface area contributed by atoms with Crippen molar-refractivity contribution < 1.29 is 4.79 Å². The van der Waals surface area contributed by atoms with Crippen molar-refractivity contribution in [2.24, 2.45) is 5.92 Å². The molecule has 7 heteroatoms. The molecule has 0 saturated carbocycles. The predicted molar refractivity (Wildman–Crippen MR) is 113 cm³/mol. The summed E-state index contributed by atoms with van der Waals surface area (Å²) in [4.78, 5) is 12.6. The van der Waals surface area contributed by atoms with Gasteiger partial charge >= 0.3 is 0 Å². The Labute approximate surface area is 174 Å². The summed E-state index contributed by atoms with van der Waals surface area (Å²) in [5.74, 6) is -0.176. The zero-order chi connectivity index (χ0) is 20.4. The van der Waals surface area contributed by atoms with Crippen molar-refractivity contribution in [3.63, 3.8) is 0 Å². The third-order valence-corrected chi connectivity index (χ3v) is 6.22. The number of hydrogen-bond acceptors (Lipinski definition) is 3. The number of benzene rings is 1. The lowest BCUT2D eigenvalue weighted by Crippen LogP contribution is -2.31. The van der Waals surface area contributed by atoms with Gasteiger partial charge < -0.3 is 5.32 Å². The fraction of sp³-hybridized carbons (Fsp3) is 0.381. The number of amides is 1. The van der Waals surface area contributed by atoms with Crippen molar-refractivity contribution >= 4 is 21.8 Å². The summed E-state index contributed by atoms with van der Waals surface area (Å²) in [7, 11) is 0. The van der Waals surface area contributed by atoms with E-state index < -0.39 is 0 Å². The van der Waals surface area contributed by atoms with Crippen LogP contribution in [-0.2, 0) is 17.9 Å². The minimum absolute atomic E-state index is 0.00920. The van der Waals surface area contributed by atoms with Gasteiger partial charge in [-0.2, -0.15) is 10.2 Å². The van der Waals surface area contributed by atoms with Gasteiger partial charge in [-0.3, -0.25) is 9.48 Å². The number of halogens is 1. The van der Waals surface area contributed by atoms with Gasteiger partial charge in [0.1, 0.15) is 0 Å². The van der Waals surface area contributed by atoms with Gasteiger partial charge in [0.25, 0.3) is 0 Å². The predicted octanol–water partition coefficient (Wildman–Crippen LogP) is 4.02. The van der Waals surface area contributed by atoms with E-state index in [0.29, 0.717) is 13.1 Å². The van der Waals surface area contributed by atoms with E-state index in [9.17, 15) is 4.79 Å². The fourth-order valence-corrected chi connectivity index (χ4v) is 3.58. The van der Waals surface area contributed by atoms with Crippen LogP contribution in [0.4, 0.5) is 0 Å². The zero-order valence-electron chi connectivity index (χ0n) is 17.0. The van der Waals surface area contributed by atoms with Crippen LogP contribution in [-0.4, -0.2) is 25.5 Å². The second-order valence-electron chi connectivity index (χ2n) is 7.18. The Morgan fingerprint density at radius 3 is 2.36 bits per heavy atom. The first-order valence-corrected chi connectivity index (χ1v) is 10.2. The van der Waals surface area contributed by atoms with Crippen molar-refractivity contribution in [3.05, 3.63) is 63.1 Å². The van der Waals surface area contributed by atoms with Crippen LogP contribution in [0.3, 0.4) is 0 Å². The van der Waals surface area contributed by atoms with Gasteiger partial charge in [0.2, 0.25) is 5.91 Å². The minimum atomic E-state index is -0.185. The number of carbonyl (C=O) groups is 1. The van der Waals surface area contributed by atoms with E-state index in [4.69, 9.17) is 0 Å². The average Bonchev–Trinajstić information content (AvgIpc) is 3.10. The lowest BCUT2D eigenvalue weighted by molar-refractivity contribution is -0.125. The molecule has 0 aliphatic carbocycles. The molecule has 0 saturated heterocycles. The summed E-state index contributed by atoms with van der Waals surface area (Å²) in [6.45, 7) is 10.9. The van der Waals surface area contributed by atoms with Gasteiger partial charge in [-0.05, 0) is 55.8 Å². The zero-order valence-corrected chi connectivity index (χ0v) is 18.5. The Bertz CT molecular complexity index is 990. The Kier molecular flexibility index (Phi) is 6.03. The Morgan fingerprint density at radius 1 is 1.07 bits per heavy atom. The maximum absolute atomic E-state index is 12.6. The molecule has 0 radical (unpaired) electrons. The second-order valence-corrected chi connectivity index (χ2v) is 7.98. The largest absolute Gasteiger partial charge is 0.352 e. The first kappa shape index (κ1) is 20.3. The number of aromatic nitrogens is 4. The molecule has 1 atom stereocenters. The van der Waals surface area contributed by atoms with Crippen LogP contribution in [0.25, 0.3) is 5.69 Å².